The van der Waals surface area contributed by atoms with Gasteiger partial charge >= 0.3 is 5.97 Å². The maximum absolute atomic E-state index is 13.5. The van der Waals surface area contributed by atoms with Crippen molar-refractivity contribution in [1.82, 2.24) is 15.5 Å². The number of nitrogens with zero attached hydrogens (tertiary/aromatic N) is 1. The third-order valence-corrected chi connectivity index (χ3v) is 7.12. The van der Waals surface area contributed by atoms with Gasteiger partial charge in [-0.25, -0.2) is 4.79 Å². The van der Waals surface area contributed by atoms with E-state index in [1.165, 1.54) is 30.7 Å². The molecule has 3 N–H and O–H groups in total. The van der Waals surface area contributed by atoms with Crippen molar-refractivity contribution in [1.29, 1.82) is 0 Å². The third-order valence-electron chi connectivity index (χ3n) is 5.79. The summed E-state index contributed by atoms with van der Waals surface area (Å²) in [6.07, 6.45) is -0.0168. The van der Waals surface area contributed by atoms with E-state index < -0.39 is 53.0 Å². The first-order chi connectivity index (χ1) is 17.7. The minimum atomic E-state index is -1.66. The number of aliphatic carboxylic acids is 1. The predicted molar refractivity (Wildman–Crippen MR) is 136 cm³/mol. The van der Waals surface area contributed by atoms with Crippen LogP contribution in [-0.2, 0) is 35.1 Å². The average Bonchev–Trinajstić information content (AvgIpc) is 3.34. The number of hydrogen-bond acceptors (Lipinski definition) is 7. The van der Waals surface area contributed by atoms with Crippen LogP contribution in [0.5, 0.6) is 0 Å². The molecule has 1 unspecified atom stereocenters. The molecular formula is C26H29N3O7S. The molecule has 0 bridgehead atoms. The first kappa shape index (κ1) is 27.9. The van der Waals surface area contributed by atoms with Gasteiger partial charge in [-0.05, 0) is 18.1 Å². The standard InChI is InChI=1S/C26H29N3O7S/c1-16(27-21(30)14-36-2)24(33)29-20(15-37-25(29)18-11-7-4-8-12-18)23(32)28-19(22(31)26(34)35)13-17-9-5-3-6-10-17/h3-12,16,19-20,25H,13-15H2,1-2H3,(H,27,30)(H,28,32)(H,34,35)/t16-,19-,20-,25?/m0/s1. The van der Waals surface area contributed by atoms with Crippen LogP contribution in [0.3, 0.4) is 0 Å². The van der Waals surface area contributed by atoms with Crippen LogP contribution < -0.4 is 10.6 Å². The van der Waals surface area contributed by atoms with E-state index in [9.17, 15) is 29.1 Å². The Morgan fingerprint density at radius 2 is 1.65 bits per heavy atom. The molecule has 0 radical (unpaired) electrons. The summed E-state index contributed by atoms with van der Waals surface area (Å²) in [6.45, 7) is 1.29. The Labute approximate surface area is 218 Å². The van der Waals surface area contributed by atoms with E-state index in [1.807, 2.05) is 30.3 Å². The summed E-state index contributed by atoms with van der Waals surface area (Å²) in [5.41, 5.74) is 1.46. The number of carbonyl (C=O) groups is 5. The highest BCUT2D eigenvalue weighted by Crippen LogP contribution is 2.41. The van der Waals surface area contributed by atoms with Gasteiger partial charge < -0.3 is 25.4 Å². The molecule has 2 aromatic carbocycles. The minimum Gasteiger partial charge on any atom is -0.475 e. The van der Waals surface area contributed by atoms with E-state index in [0.29, 0.717) is 5.56 Å². The molecule has 1 saturated heterocycles. The Balaban J connectivity index is 1.86. The van der Waals surface area contributed by atoms with E-state index in [4.69, 9.17) is 4.74 Å². The van der Waals surface area contributed by atoms with Crippen LogP contribution in [0.4, 0.5) is 0 Å². The number of Topliss-reactive ketones (excluding diaryl/α,β-unsaturated/α-hetero) is 1. The number of carboxylic acid groups (broad SMARTS) is 1. The molecule has 1 aliphatic heterocycles. The molecule has 1 aliphatic rings. The van der Waals surface area contributed by atoms with Crippen LogP contribution in [0, 0.1) is 0 Å². The summed E-state index contributed by atoms with van der Waals surface area (Å²) in [6, 6.07) is 14.6. The number of thioether (sulfide) groups is 1. The summed E-state index contributed by atoms with van der Waals surface area (Å²) in [4.78, 5) is 64.3. The molecule has 11 heteroatoms. The summed E-state index contributed by atoms with van der Waals surface area (Å²) >= 11 is 1.37. The van der Waals surface area contributed by atoms with Gasteiger partial charge in [0.25, 0.3) is 5.78 Å². The number of rotatable bonds is 11. The van der Waals surface area contributed by atoms with E-state index in [1.54, 1.807) is 30.3 Å². The highest BCUT2D eigenvalue weighted by atomic mass is 32.2. The van der Waals surface area contributed by atoms with Crippen molar-refractivity contribution in [3.63, 3.8) is 0 Å². The zero-order valence-electron chi connectivity index (χ0n) is 20.5. The van der Waals surface area contributed by atoms with Crippen molar-refractivity contribution in [3.8, 4) is 0 Å². The van der Waals surface area contributed by atoms with E-state index in [-0.39, 0.29) is 18.8 Å². The Morgan fingerprint density at radius 1 is 1.03 bits per heavy atom. The molecule has 0 aromatic heterocycles. The topological polar surface area (TPSA) is 142 Å². The van der Waals surface area contributed by atoms with Crippen LogP contribution in [0.1, 0.15) is 23.4 Å². The number of carbonyl (C=O) groups excluding carboxylic acids is 4. The number of hydrogen-bond donors (Lipinski definition) is 3. The van der Waals surface area contributed by atoms with Crippen molar-refractivity contribution in [3.05, 3.63) is 71.8 Å². The van der Waals surface area contributed by atoms with Gasteiger partial charge in [-0.3, -0.25) is 19.2 Å². The van der Waals surface area contributed by atoms with E-state index in [0.717, 1.165) is 5.56 Å². The number of methoxy groups -OCH3 is 1. The monoisotopic (exact) mass is 527 g/mol. The lowest BCUT2D eigenvalue weighted by molar-refractivity contribution is -0.151. The van der Waals surface area contributed by atoms with Crippen molar-refractivity contribution < 1.29 is 33.8 Å². The molecule has 4 atom stereocenters. The van der Waals surface area contributed by atoms with E-state index >= 15 is 0 Å². The number of nitrogens with one attached hydrogen (secondary N) is 2. The first-order valence-corrected chi connectivity index (χ1v) is 12.7. The van der Waals surface area contributed by atoms with Crippen LogP contribution in [0.25, 0.3) is 0 Å². The zero-order valence-corrected chi connectivity index (χ0v) is 21.3. The second-order valence-electron chi connectivity index (χ2n) is 8.50. The lowest BCUT2D eigenvalue weighted by atomic mass is 10.0. The molecule has 3 rings (SSSR count). The fraction of sp³-hybridized carbons (Fsp3) is 0.346. The van der Waals surface area contributed by atoms with Gasteiger partial charge in [0.1, 0.15) is 30.1 Å². The molecule has 1 fully saturated rings. The van der Waals surface area contributed by atoms with Gasteiger partial charge in [0, 0.05) is 19.3 Å². The predicted octanol–water partition coefficient (Wildman–Crippen LogP) is 1.16. The fourth-order valence-electron chi connectivity index (χ4n) is 4.03. The van der Waals surface area contributed by atoms with Crippen LogP contribution >= 0.6 is 11.8 Å². The molecule has 1 heterocycles. The highest BCUT2D eigenvalue weighted by Gasteiger charge is 2.44. The largest absolute Gasteiger partial charge is 0.475 e. The number of benzene rings is 2. The van der Waals surface area contributed by atoms with Gasteiger partial charge in [-0.1, -0.05) is 60.7 Å². The summed E-state index contributed by atoms with van der Waals surface area (Å²) in [5, 5.41) is 13.9. The normalized spacial score (nSPS) is 18.5. The molecule has 0 spiro atoms. The molecule has 0 aliphatic carbocycles. The maximum atomic E-state index is 13.5. The smallest absolute Gasteiger partial charge is 0.374 e. The van der Waals surface area contributed by atoms with Crippen molar-refractivity contribution >= 4 is 41.2 Å². The average molecular weight is 528 g/mol. The Kier molecular flexibility index (Phi) is 9.81. The van der Waals surface area contributed by atoms with Gasteiger partial charge in [0.2, 0.25) is 17.7 Å². The van der Waals surface area contributed by atoms with Crippen LogP contribution in [0.2, 0.25) is 0 Å². The molecule has 196 valence electrons. The Hall–Kier alpha value is -3.70. The first-order valence-electron chi connectivity index (χ1n) is 11.6. The van der Waals surface area contributed by atoms with Crippen molar-refractivity contribution in [2.75, 3.05) is 19.5 Å². The third kappa shape index (κ3) is 7.17. The van der Waals surface area contributed by atoms with E-state index in [2.05, 4.69) is 10.6 Å². The van der Waals surface area contributed by atoms with Gasteiger partial charge in [0.15, 0.2) is 0 Å². The van der Waals surface area contributed by atoms with Crippen LogP contribution in [-0.4, -0.2) is 77.1 Å². The summed E-state index contributed by atoms with van der Waals surface area (Å²) < 4.78 is 4.81. The number of carboxylic acids is 1. The van der Waals surface area contributed by atoms with Gasteiger partial charge in [-0.15, -0.1) is 11.8 Å². The molecule has 2 aromatic rings. The number of ether oxygens (including phenoxy) is 1. The molecular weight excluding hydrogens is 498 g/mol. The fourth-order valence-corrected chi connectivity index (χ4v) is 5.47. The van der Waals surface area contributed by atoms with Crippen molar-refractivity contribution in [2.24, 2.45) is 0 Å². The molecule has 10 nitrogen and oxygen atoms in total. The lowest BCUT2D eigenvalue weighted by Gasteiger charge is -2.32. The summed E-state index contributed by atoms with van der Waals surface area (Å²) in [7, 11) is 1.36. The molecule has 0 saturated carbocycles. The number of ketones is 1. The van der Waals surface area contributed by atoms with Gasteiger partial charge in [0.05, 0.1) is 0 Å². The number of amides is 3. The second-order valence-corrected chi connectivity index (χ2v) is 9.61. The van der Waals surface area contributed by atoms with Crippen molar-refractivity contribution in [2.45, 2.75) is 36.8 Å². The maximum Gasteiger partial charge on any atom is 0.374 e. The second kappa shape index (κ2) is 13.0. The summed E-state index contributed by atoms with van der Waals surface area (Å²) in [5.74, 6) is -4.22. The SMILES string of the molecule is COCC(=O)N[C@@H](C)C(=O)N1C(c2ccccc2)SC[C@H]1C(=O)N[C@@H](Cc1ccccc1)C(=O)C(=O)O. The lowest BCUT2D eigenvalue weighted by Crippen LogP contribution is -2.56. The van der Waals surface area contributed by atoms with Gasteiger partial charge in [-0.2, -0.15) is 0 Å². The molecule has 3 amide bonds. The highest BCUT2D eigenvalue weighted by molar-refractivity contribution is 7.99. The zero-order chi connectivity index (χ0) is 26.9. The molecule has 37 heavy (non-hydrogen) atoms. The minimum absolute atomic E-state index is 0.0168. The van der Waals surface area contributed by atoms with Crippen LogP contribution in [0.15, 0.2) is 60.7 Å². The Morgan fingerprint density at radius 3 is 2.24 bits per heavy atom. The Bertz CT molecular complexity index is 1130. The quantitative estimate of drug-likeness (QED) is 0.370.